The summed E-state index contributed by atoms with van der Waals surface area (Å²) in [7, 11) is 0. The molecule has 0 aromatic carbocycles. The van der Waals surface area contributed by atoms with Gasteiger partial charge in [-0.15, -0.1) is 0 Å². The lowest BCUT2D eigenvalue weighted by Gasteiger charge is -2.19. The predicted molar refractivity (Wildman–Crippen MR) is 91.9 cm³/mol. The van der Waals surface area contributed by atoms with Gasteiger partial charge in [-0.25, -0.2) is 0 Å². The van der Waals surface area contributed by atoms with Crippen LogP contribution in [-0.2, 0) is 11.2 Å². The zero-order valence-corrected chi connectivity index (χ0v) is 13.9. The third-order valence-corrected chi connectivity index (χ3v) is 5.44. The Balaban J connectivity index is 1.36. The highest BCUT2D eigenvalue weighted by Crippen LogP contribution is 2.52. The van der Waals surface area contributed by atoms with Crippen LogP contribution in [0.3, 0.4) is 0 Å². The summed E-state index contributed by atoms with van der Waals surface area (Å²) in [5.41, 5.74) is 7.19. The molecule has 2 aromatic rings. The van der Waals surface area contributed by atoms with Gasteiger partial charge in [0.25, 0.3) is 5.91 Å². The Hall–Kier alpha value is -2.70. The minimum atomic E-state index is -0.583. The molecule has 0 aliphatic heterocycles. The number of pyridine rings is 1. The third kappa shape index (κ3) is 3.26. The minimum absolute atomic E-state index is 0.167. The normalized spacial score (nSPS) is 24.4. The molecule has 7 heteroatoms. The Morgan fingerprint density at radius 1 is 1.28 bits per heavy atom. The van der Waals surface area contributed by atoms with Crippen molar-refractivity contribution in [3.05, 3.63) is 41.3 Å². The SMILES string of the molecule is NC(=O)c1ccc(CC(=O)Nc2cc(C3CC4CCC3C4)[nH]n2)cn1. The fourth-order valence-electron chi connectivity index (χ4n) is 4.26. The molecule has 3 unspecified atom stereocenters. The van der Waals surface area contributed by atoms with Gasteiger partial charge in [0, 0.05) is 23.9 Å². The lowest BCUT2D eigenvalue weighted by Crippen LogP contribution is -2.16. The van der Waals surface area contributed by atoms with Gasteiger partial charge in [0.2, 0.25) is 5.91 Å². The number of rotatable bonds is 5. The number of hydrogen-bond donors (Lipinski definition) is 3. The highest BCUT2D eigenvalue weighted by molar-refractivity contribution is 5.92. The number of carbonyl (C=O) groups excluding carboxylic acids is 2. The largest absolute Gasteiger partial charge is 0.364 e. The average molecular weight is 339 g/mol. The van der Waals surface area contributed by atoms with Crippen LogP contribution >= 0.6 is 0 Å². The van der Waals surface area contributed by atoms with E-state index in [1.165, 1.54) is 37.9 Å². The summed E-state index contributed by atoms with van der Waals surface area (Å²) in [6, 6.07) is 5.16. The van der Waals surface area contributed by atoms with Crippen LogP contribution in [0.1, 0.15) is 53.3 Å². The van der Waals surface area contributed by atoms with E-state index >= 15 is 0 Å². The van der Waals surface area contributed by atoms with Gasteiger partial charge in [0.15, 0.2) is 5.82 Å². The molecule has 130 valence electrons. The summed E-state index contributed by atoms with van der Waals surface area (Å²) >= 11 is 0. The summed E-state index contributed by atoms with van der Waals surface area (Å²) in [4.78, 5) is 27.1. The fourth-order valence-corrected chi connectivity index (χ4v) is 4.26. The van der Waals surface area contributed by atoms with Gasteiger partial charge in [-0.05, 0) is 42.7 Å². The minimum Gasteiger partial charge on any atom is -0.364 e. The van der Waals surface area contributed by atoms with Crippen LogP contribution < -0.4 is 11.1 Å². The van der Waals surface area contributed by atoms with E-state index in [-0.39, 0.29) is 18.0 Å². The molecule has 4 N–H and O–H groups in total. The summed E-state index contributed by atoms with van der Waals surface area (Å²) in [6.07, 6.45) is 6.90. The number of amides is 2. The molecule has 2 saturated carbocycles. The van der Waals surface area contributed by atoms with Crippen molar-refractivity contribution in [1.82, 2.24) is 15.2 Å². The second kappa shape index (κ2) is 6.31. The number of hydrogen-bond acceptors (Lipinski definition) is 4. The number of nitrogens with one attached hydrogen (secondary N) is 2. The van der Waals surface area contributed by atoms with Crippen molar-refractivity contribution in [2.75, 3.05) is 5.32 Å². The highest BCUT2D eigenvalue weighted by atomic mass is 16.2. The zero-order valence-electron chi connectivity index (χ0n) is 13.9. The molecule has 2 bridgehead atoms. The highest BCUT2D eigenvalue weighted by Gasteiger charge is 2.40. The number of aromatic amines is 1. The molecule has 7 nitrogen and oxygen atoms in total. The van der Waals surface area contributed by atoms with Gasteiger partial charge in [-0.1, -0.05) is 12.5 Å². The van der Waals surface area contributed by atoms with Crippen molar-refractivity contribution in [3.8, 4) is 0 Å². The molecule has 2 amide bonds. The van der Waals surface area contributed by atoms with Crippen LogP contribution in [-0.4, -0.2) is 27.0 Å². The standard InChI is InChI=1S/C18H21N5O2/c19-18(25)14-4-2-11(9-20-14)7-17(24)21-16-8-15(22-23-16)13-6-10-1-3-12(13)5-10/h2,4,8-10,12-13H,1,3,5-7H2,(H2,19,25)(H2,21,22,23,24). The second-order valence-electron chi connectivity index (χ2n) is 7.13. The van der Waals surface area contributed by atoms with Crippen molar-refractivity contribution < 1.29 is 9.59 Å². The summed E-state index contributed by atoms with van der Waals surface area (Å²) in [6.45, 7) is 0. The van der Waals surface area contributed by atoms with Crippen LogP contribution in [0.5, 0.6) is 0 Å². The Bertz CT molecular complexity index is 798. The number of fused-ring (bicyclic) bond motifs is 2. The van der Waals surface area contributed by atoms with E-state index < -0.39 is 5.91 Å². The Kier molecular flexibility index (Phi) is 3.99. The first-order valence-corrected chi connectivity index (χ1v) is 8.68. The zero-order chi connectivity index (χ0) is 17.4. The van der Waals surface area contributed by atoms with Crippen LogP contribution in [0, 0.1) is 11.8 Å². The Morgan fingerprint density at radius 2 is 2.16 bits per heavy atom. The maximum absolute atomic E-state index is 12.2. The first-order chi connectivity index (χ1) is 12.1. The van der Waals surface area contributed by atoms with Gasteiger partial charge in [0.05, 0.1) is 6.42 Å². The van der Waals surface area contributed by atoms with Gasteiger partial charge in [0.1, 0.15) is 5.69 Å². The molecule has 25 heavy (non-hydrogen) atoms. The second-order valence-corrected chi connectivity index (χ2v) is 7.13. The van der Waals surface area contributed by atoms with Gasteiger partial charge in [-0.2, -0.15) is 5.10 Å². The van der Waals surface area contributed by atoms with E-state index in [9.17, 15) is 9.59 Å². The molecule has 2 heterocycles. The molecule has 2 aliphatic rings. The van der Waals surface area contributed by atoms with E-state index in [1.54, 1.807) is 6.07 Å². The fraction of sp³-hybridized carbons (Fsp3) is 0.444. The number of anilines is 1. The smallest absolute Gasteiger partial charge is 0.267 e. The number of H-pyrrole nitrogens is 1. The van der Waals surface area contributed by atoms with Crippen LogP contribution in [0.25, 0.3) is 0 Å². The summed E-state index contributed by atoms with van der Waals surface area (Å²) < 4.78 is 0. The van der Waals surface area contributed by atoms with E-state index in [2.05, 4.69) is 20.5 Å². The summed E-state index contributed by atoms with van der Waals surface area (Å²) in [5.74, 6) is 2.00. The first-order valence-electron chi connectivity index (χ1n) is 8.68. The molecule has 2 fully saturated rings. The molecule has 3 atom stereocenters. The molecule has 4 rings (SSSR count). The average Bonchev–Trinajstić information content (AvgIpc) is 3.31. The Morgan fingerprint density at radius 3 is 2.80 bits per heavy atom. The van der Waals surface area contributed by atoms with Crippen LogP contribution in [0.15, 0.2) is 24.4 Å². The number of primary amides is 1. The van der Waals surface area contributed by atoms with Crippen molar-refractivity contribution in [2.24, 2.45) is 17.6 Å². The monoisotopic (exact) mass is 339 g/mol. The molecule has 2 aliphatic carbocycles. The topological polar surface area (TPSA) is 114 Å². The predicted octanol–water partition coefficient (Wildman–Crippen LogP) is 1.99. The van der Waals surface area contributed by atoms with E-state index in [0.29, 0.717) is 17.3 Å². The molecule has 0 saturated heterocycles. The summed E-state index contributed by atoms with van der Waals surface area (Å²) in [5, 5.41) is 10.1. The van der Waals surface area contributed by atoms with Crippen LogP contribution in [0.4, 0.5) is 5.82 Å². The quantitative estimate of drug-likeness (QED) is 0.773. The number of nitrogens with zero attached hydrogens (tertiary/aromatic N) is 2. The Labute approximate surface area is 145 Å². The first kappa shape index (κ1) is 15.8. The third-order valence-electron chi connectivity index (χ3n) is 5.44. The maximum Gasteiger partial charge on any atom is 0.267 e. The van der Waals surface area contributed by atoms with Gasteiger partial charge < -0.3 is 11.1 Å². The lowest BCUT2D eigenvalue weighted by molar-refractivity contribution is -0.115. The molecule has 0 radical (unpaired) electrons. The molecule has 0 spiro atoms. The van der Waals surface area contributed by atoms with E-state index in [4.69, 9.17) is 5.73 Å². The van der Waals surface area contributed by atoms with Crippen molar-refractivity contribution in [1.29, 1.82) is 0 Å². The maximum atomic E-state index is 12.2. The van der Waals surface area contributed by atoms with Gasteiger partial charge >= 0.3 is 0 Å². The van der Waals surface area contributed by atoms with Crippen LogP contribution in [0.2, 0.25) is 0 Å². The van der Waals surface area contributed by atoms with E-state index in [0.717, 1.165) is 17.5 Å². The van der Waals surface area contributed by atoms with Crippen molar-refractivity contribution >= 4 is 17.6 Å². The lowest BCUT2D eigenvalue weighted by atomic mass is 9.86. The molecular formula is C18H21N5O2. The van der Waals surface area contributed by atoms with Crippen molar-refractivity contribution in [2.45, 2.75) is 38.0 Å². The number of nitrogens with two attached hydrogens (primary N) is 1. The number of aromatic nitrogens is 3. The number of carbonyl (C=O) groups is 2. The van der Waals surface area contributed by atoms with Crippen molar-refractivity contribution in [3.63, 3.8) is 0 Å². The van der Waals surface area contributed by atoms with Gasteiger partial charge in [-0.3, -0.25) is 19.7 Å². The van der Waals surface area contributed by atoms with E-state index in [1.807, 2.05) is 6.07 Å². The molecular weight excluding hydrogens is 318 g/mol. The molecule has 2 aromatic heterocycles.